The minimum atomic E-state index is -4.05. The maximum Gasteiger partial charge on any atom is 0.409 e. The Labute approximate surface area is 198 Å². The summed E-state index contributed by atoms with van der Waals surface area (Å²) in [6, 6.07) is 12.4. The van der Waals surface area contributed by atoms with Gasteiger partial charge in [0.2, 0.25) is 5.91 Å². The third-order valence-corrected chi connectivity index (χ3v) is 7.28. The molecule has 2 aromatic rings. The van der Waals surface area contributed by atoms with Gasteiger partial charge in [-0.25, -0.2) is 13.2 Å². The van der Waals surface area contributed by atoms with E-state index in [1.54, 1.807) is 31.2 Å². The van der Waals surface area contributed by atoms with Crippen LogP contribution in [-0.2, 0) is 19.6 Å². The van der Waals surface area contributed by atoms with Crippen molar-refractivity contribution in [2.75, 3.05) is 50.7 Å². The van der Waals surface area contributed by atoms with E-state index in [9.17, 15) is 18.0 Å². The SMILES string of the molecule is CCOC(=O)N1CCN(C(=O)CN(c2ccc(OC)c(Cl)c2)S(=O)(=O)c2ccccc2)CC1. The first-order valence-electron chi connectivity index (χ1n) is 10.4. The van der Waals surface area contributed by atoms with E-state index < -0.39 is 22.7 Å². The number of piperazine rings is 1. The van der Waals surface area contributed by atoms with Gasteiger partial charge >= 0.3 is 6.09 Å². The van der Waals surface area contributed by atoms with Crippen molar-refractivity contribution in [3.05, 3.63) is 53.6 Å². The van der Waals surface area contributed by atoms with Crippen LogP contribution in [0, 0.1) is 0 Å². The Morgan fingerprint density at radius 2 is 1.67 bits per heavy atom. The maximum atomic E-state index is 13.4. The highest BCUT2D eigenvalue weighted by atomic mass is 35.5. The van der Waals surface area contributed by atoms with Crippen LogP contribution in [-0.4, -0.2) is 76.7 Å². The normalized spacial score (nSPS) is 14.0. The zero-order valence-corrected chi connectivity index (χ0v) is 20.0. The van der Waals surface area contributed by atoms with Gasteiger partial charge in [0.1, 0.15) is 12.3 Å². The van der Waals surface area contributed by atoms with Crippen LogP contribution >= 0.6 is 11.6 Å². The highest BCUT2D eigenvalue weighted by molar-refractivity contribution is 7.92. The lowest BCUT2D eigenvalue weighted by atomic mass is 10.3. The van der Waals surface area contributed by atoms with E-state index >= 15 is 0 Å². The largest absolute Gasteiger partial charge is 0.495 e. The fraction of sp³-hybridized carbons (Fsp3) is 0.364. The molecule has 0 spiro atoms. The first kappa shape index (κ1) is 24.7. The number of sulfonamides is 1. The zero-order chi connectivity index (χ0) is 24.0. The third-order valence-electron chi connectivity index (χ3n) is 5.19. The van der Waals surface area contributed by atoms with Crippen LogP contribution in [0.2, 0.25) is 5.02 Å². The molecular formula is C22H26ClN3O6S. The summed E-state index contributed by atoms with van der Waals surface area (Å²) in [5, 5.41) is 0.221. The van der Waals surface area contributed by atoms with Gasteiger partial charge in [-0.2, -0.15) is 0 Å². The fourth-order valence-corrected chi connectivity index (χ4v) is 5.10. The highest BCUT2D eigenvalue weighted by Gasteiger charge is 2.31. The van der Waals surface area contributed by atoms with E-state index in [1.807, 2.05) is 0 Å². The molecule has 0 unspecified atom stereocenters. The standard InChI is InChI=1S/C22H26ClN3O6S/c1-3-32-22(28)25-13-11-24(12-14-25)21(27)16-26(17-9-10-20(31-2)19(23)15-17)33(29,30)18-7-5-4-6-8-18/h4-10,15H,3,11-14,16H2,1-2H3. The summed E-state index contributed by atoms with van der Waals surface area (Å²) in [6.45, 7) is 2.76. The Bertz CT molecular complexity index is 1090. The molecule has 0 radical (unpaired) electrons. The van der Waals surface area contributed by atoms with Gasteiger partial charge in [-0.05, 0) is 37.3 Å². The quantitative estimate of drug-likeness (QED) is 0.586. The molecule has 11 heteroatoms. The van der Waals surface area contributed by atoms with E-state index in [1.165, 1.54) is 41.2 Å². The van der Waals surface area contributed by atoms with Crippen LogP contribution in [0.1, 0.15) is 6.92 Å². The van der Waals surface area contributed by atoms with Gasteiger partial charge in [-0.15, -0.1) is 0 Å². The third kappa shape index (κ3) is 5.69. The van der Waals surface area contributed by atoms with Gasteiger partial charge in [0.15, 0.2) is 0 Å². The fourth-order valence-electron chi connectivity index (χ4n) is 3.42. The minimum absolute atomic E-state index is 0.0527. The predicted molar refractivity (Wildman–Crippen MR) is 124 cm³/mol. The summed E-state index contributed by atoms with van der Waals surface area (Å²) in [6.07, 6.45) is -0.425. The van der Waals surface area contributed by atoms with Crippen molar-refractivity contribution in [1.82, 2.24) is 9.80 Å². The van der Waals surface area contributed by atoms with Crippen molar-refractivity contribution in [3.8, 4) is 5.75 Å². The summed E-state index contributed by atoms with van der Waals surface area (Å²) in [4.78, 5) is 28.1. The Morgan fingerprint density at radius 3 is 2.24 bits per heavy atom. The summed E-state index contributed by atoms with van der Waals surface area (Å²) in [5.74, 6) is 0.00356. The molecule has 1 saturated heterocycles. The topological polar surface area (TPSA) is 96.5 Å². The van der Waals surface area contributed by atoms with Crippen LogP contribution in [0.3, 0.4) is 0 Å². The number of methoxy groups -OCH3 is 1. The molecule has 2 amide bonds. The van der Waals surface area contributed by atoms with Gasteiger partial charge < -0.3 is 19.3 Å². The molecule has 0 N–H and O–H groups in total. The number of benzene rings is 2. The monoisotopic (exact) mass is 495 g/mol. The zero-order valence-electron chi connectivity index (χ0n) is 18.4. The van der Waals surface area contributed by atoms with Crippen molar-refractivity contribution in [2.24, 2.45) is 0 Å². The number of nitrogens with zero attached hydrogens (tertiary/aromatic N) is 3. The number of anilines is 1. The summed E-state index contributed by atoms with van der Waals surface area (Å²) in [5.41, 5.74) is 0.239. The summed E-state index contributed by atoms with van der Waals surface area (Å²) in [7, 11) is -2.60. The molecule has 1 aliphatic heterocycles. The highest BCUT2D eigenvalue weighted by Crippen LogP contribution is 2.32. The number of ether oxygens (including phenoxy) is 2. The average molecular weight is 496 g/mol. The number of carbonyl (C=O) groups excluding carboxylic acids is 2. The van der Waals surface area contributed by atoms with Gasteiger partial charge in [-0.1, -0.05) is 29.8 Å². The second kappa shape index (κ2) is 10.8. The first-order valence-corrected chi connectivity index (χ1v) is 12.2. The number of hydrogen-bond acceptors (Lipinski definition) is 6. The van der Waals surface area contributed by atoms with E-state index in [0.29, 0.717) is 18.8 Å². The molecular weight excluding hydrogens is 470 g/mol. The Kier molecular flexibility index (Phi) is 8.04. The van der Waals surface area contributed by atoms with Gasteiger partial charge in [0.25, 0.3) is 10.0 Å². The maximum absolute atomic E-state index is 13.4. The number of rotatable bonds is 7. The molecule has 3 rings (SSSR count). The molecule has 0 saturated carbocycles. The van der Waals surface area contributed by atoms with Crippen LogP contribution < -0.4 is 9.04 Å². The lowest BCUT2D eigenvalue weighted by Crippen LogP contribution is -2.53. The van der Waals surface area contributed by atoms with Crippen molar-refractivity contribution in [2.45, 2.75) is 11.8 Å². The molecule has 0 atom stereocenters. The lowest BCUT2D eigenvalue weighted by molar-refractivity contribution is -0.131. The molecule has 33 heavy (non-hydrogen) atoms. The predicted octanol–water partition coefficient (Wildman–Crippen LogP) is 2.84. The Morgan fingerprint density at radius 1 is 1.03 bits per heavy atom. The van der Waals surface area contributed by atoms with Gasteiger partial charge in [0.05, 0.1) is 29.3 Å². The number of amides is 2. The van der Waals surface area contributed by atoms with Gasteiger partial charge in [0, 0.05) is 26.2 Å². The average Bonchev–Trinajstić information content (AvgIpc) is 2.83. The number of carbonyl (C=O) groups is 2. The molecule has 2 aromatic carbocycles. The van der Waals surface area contributed by atoms with E-state index in [2.05, 4.69) is 0 Å². The molecule has 1 aliphatic rings. The van der Waals surface area contributed by atoms with Crippen molar-refractivity contribution in [3.63, 3.8) is 0 Å². The molecule has 9 nitrogen and oxygen atoms in total. The Balaban J connectivity index is 1.84. The molecule has 178 valence electrons. The summed E-state index contributed by atoms with van der Waals surface area (Å²) < 4.78 is 38.1. The molecule has 0 bridgehead atoms. The minimum Gasteiger partial charge on any atom is -0.495 e. The summed E-state index contributed by atoms with van der Waals surface area (Å²) >= 11 is 6.24. The smallest absolute Gasteiger partial charge is 0.409 e. The van der Waals surface area contributed by atoms with Crippen LogP contribution in [0.4, 0.5) is 10.5 Å². The van der Waals surface area contributed by atoms with Crippen LogP contribution in [0.25, 0.3) is 0 Å². The lowest BCUT2D eigenvalue weighted by Gasteiger charge is -2.35. The second-order valence-corrected chi connectivity index (χ2v) is 9.48. The van der Waals surface area contributed by atoms with Crippen LogP contribution in [0.15, 0.2) is 53.4 Å². The van der Waals surface area contributed by atoms with Crippen LogP contribution in [0.5, 0.6) is 5.75 Å². The molecule has 1 heterocycles. The first-order chi connectivity index (χ1) is 15.8. The van der Waals surface area contributed by atoms with Gasteiger partial charge in [-0.3, -0.25) is 9.10 Å². The van der Waals surface area contributed by atoms with E-state index in [4.69, 9.17) is 21.1 Å². The number of hydrogen-bond donors (Lipinski definition) is 0. The molecule has 1 fully saturated rings. The van der Waals surface area contributed by atoms with E-state index in [0.717, 1.165) is 4.31 Å². The molecule has 0 aromatic heterocycles. The van der Waals surface area contributed by atoms with Crippen molar-refractivity contribution < 1.29 is 27.5 Å². The van der Waals surface area contributed by atoms with Crippen molar-refractivity contribution >= 4 is 39.3 Å². The number of halogens is 1. The van der Waals surface area contributed by atoms with E-state index in [-0.39, 0.29) is 41.2 Å². The Hall–Kier alpha value is -2.98. The second-order valence-electron chi connectivity index (χ2n) is 7.21. The van der Waals surface area contributed by atoms with Crippen molar-refractivity contribution in [1.29, 1.82) is 0 Å². The molecule has 0 aliphatic carbocycles.